The number of nitrogens with one attached hydrogen (secondary N) is 1. The average Bonchev–Trinajstić information content (AvgIpc) is 2.36. The van der Waals surface area contributed by atoms with E-state index in [0.29, 0.717) is 18.7 Å². The third-order valence-electron chi connectivity index (χ3n) is 2.69. The second-order valence-corrected chi connectivity index (χ2v) is 4.28. The zero-order chi connectivity index (χ0) is 13.4. The summed E-state index contributed by atoms with van der Waals surface area (Å²) in [5.41, 5.74) is 1.13. The highest BCUT2D eigenvalue weighted by Crippen LogP contribution is 2.09. The van der Waals surface area contributed by atoms with Gasteiger partial charge >= 0.3 is 0 Å². The smallest absolute Gasteiger partial charge is 0.124 e. The van der Waals surface area contributed by atoms with E-state index in [1.165, 1.54) is 12.1 Å². The zero-order valence-electron chi connectivity index (χ0n) is 10.9. The number of halogens is 1. The summed E-state index contributed by atoms with van der Waals surface area (Å²) in [6.07, 6.45) is 2.07. The van der Waals surface area contributed by atoms with Crippen molar-refractivity contribution in [3.05, 3.63) is 35.1 Å². The molecule has 1 aromatic rings. The lowest BCUT2D eigenvalue weighted by Crippen LogP contribution is -2.32. The summed E-state index contributed by atoms with van der Waals surface area (Å²) in [5.74, 6) is -0.371. The van der Waals surface area contributed by atoms with Crippen LogP contribution in [0.4, 0.5) is 4.39 Å². The van der Waals surface area contributed by atoms with E-state index in [1.807, 2.05) is 6.07 Å². The van der Waals surface area contributed by atoms with Crippen LogP contribution in [-0.4, -0.2) is 19.8 Å². The Balaban J connectivity index is 2.61. The SMILES string of the molecule is CCCC(COC)NCc1cc(F)cc(C#N)c1. The average molecular weight is 250 g/mol. The van der Waals surface area contributed by atoms with Crippen molar-refractivity contribution in [3.8, 4) is 6.07 Å². The molecule has 0 saturated carbocycles. The Bertz CT molecular complexity index is 409. The van der Waals surface area contributed by atoms with Gasteiger partial charge in [-0.05, 0) is 30.2 Å². The zero-order valence-corrected chi connectivity index (χ0v) is 10.9. The third-order valence-corrected chi connectivity index (χ3v) is 2.69. The summed E-state index contributed by atoms with van der Waals surface area (Å²) < 4.78 is 18.4. The first-order chi connectivity index (χ1) is 8.69. The van der Waals surface area contributed by atoms with Gasteiger partial charge in [-0.3, -0.25) is 0 Å². The van der Waals surface area contributed by atoms with Gasteiger partial charge in [0.25, 0.3) is 0 Å². The van der Waals surface area contributed by atoms with Crippen molar-refractivity contribution in [2.75, 3.05) is 13.7 Å². The van der Waals surface area contributed by atoms with Crippen LogP contribution in [0.2, 0.25) is 0 Å². The molecule has 0 saturated heterocycles. The van der Waals surface area contributed by atoms with Crippen LogP contribution in [-0.2, 0) is 11.3 Å². The number of rotatable bonds is 7. The Labute approximate surface area is 108 Å². The van der Waals surface area contributed by atoms with Gasteiger partial charge in [0.2, 0.25) is 0 Å². The quantitative estimate of drug-likeness (QED) is 0.809. The Morgan fingerprint density at radius 2 is 2.22 bits per heavy atom. The van der Waals surface area contributed by atoms with Crippen molar-refractivity contribution < 1.29 is 9.13 Å². The molecule has 0 bridgehead atoms. The molecule has 98 valence electrons. The van der Waals surface area contributed by atoms with Crippen LogP contribution >= 0.6 is 0 Å². The molecule has 18 heavy (non-hydrogen) atoms. The second-order valence-electron chi connectivity index (χ2n) is 4.28. The van der Waals surface area contributed by atoms with Gasteiger partial charge < -0.3 is 10.1 Å². The highest BCUT2D eigenvalue weighted by atomic mass is 19.1. The molecule has 0 radical (unpaired) electrons. The summed E-state index contributed by atoms with van der Waals surface area (Å²) in [6, 6.07) is 6.60. The number of benzene rings is 1. The Morgan fingerprint density at radius 3 is 2.83 bits per heavy atom. The number of methoxy groups -OCH3 is 1. The van der Waals surface area contributed by atoms with Gasteiger partial charge in [0.05, 0.1) is 18.2 Å². The van der Waals surface area contributed by atoms with Crippen LogP contribution in [0.5, 0.6) is 0 Å². The second kappa shape index (κ2) is 7.80. The fourth-order valence-electron chi connectivity index (χ4n) is 1.87. The first-order valence-electron chi connectivity index (χ1n) is 6.11. The van der Waals surface area contributed by atoms with Crippen LogP contribution in [0.25, 0.3) is 0 Å². The van der Waals surface area contributed by atoms with E-state index in [9.17, 15) is 4.39 Å². The van der Waals surface area contributed by atoms with Crippen molar-refractivity contribution in [1.82, 2.24) is 5.32 Å². The van der Waals surface area contributed by atoms with Crippen LogP contribution in [0.15, 0.2) is 18.2 Å². The Kier molecular flexibility index (Phi) is 6.34. The van der Waals surface area contributed by atoms with Gasteiger partial charge in [0.1, 0.15) is 5.82 Å². The van der Waals surface area contributed by atoms with Gasteiger partial charge in [-0.2, -0.15) is 5.26 Å². The minimum Gasteiger partial charge on any atom is -0.383 e. The molecule has 0 aliphatic heterocycles. The topological polar surface area (TPSA) is 45.0 Å². The lowest BCUT2D eigenvalue weighted by Gasteiger charge is -2.17. The highest BCUT2D eigenvalue weighted by molar-refractivity contribution is 5.33. The lowest BCUT2D eigenvalue weighted by molar-refractivity contribution is 0.161. The molecule has 0 fully saturated rings. The predicted molar refractivity (Wildman–Crippen MR) is 68.5 cm³/mol. The number of hydrogen-bond acceptors (Lipinski definition) is 3. The largest absolute Gasteiger partial charge is 0.383 e. The summed E-state index contributed by atoms with van der Waals surface area (Å²) in [7, 11) is 1.67. The molecule has 0 heterocycles. The molecule has 1 atom stereocenters. The predicted octanol–water partition coefficient (Wildman–Crippen LogP) is 2.60. The van der Waals surface area contributed by atoms with Crippen LogP contribution < -0.4 is 5.32 Å². The van der Waals surface area contributed by atoms with E-state index in [4.69, 9.17) is 10.00 Å². The molecule has 1 unspecified atom stereocenters. The van der Waals surface area contributed by atoms with Crippen molar-refractivity contribution >= 4 is 0 Å². The molecule has 1 rings (SSSR count). The molecular formula is C14H19FN2O. The molecule has 0 aromatic heterocycles. The van der Waals surface area contributed by atoms with Crippen LogP contribution in [0.3, 0.4) is 0 Å². The van der Waals surface area contributed by atoms with Gasteiger partial charge in [0, 0.05) is 19.7 Å². The number of nitrogens with zero attached hydrogens (tertiary/aromatic N) is 1. The maximum atomic E-state index is 13.2. The monoisotopic (exact) mass is 250 g/mol. The fraction of sp³-hybridized carbons (Fsp3) is 0.500. The van der Waals surface area contributed by atoms with E-state index in [1.54, 1.807) is 13.2 Å². The van der Waals surface area contributed by atoms with Gasteiger partial charge in [0.15, 0.2) is 0 Å². The molecule has 0 aliphatic rings. The first kappa shape index (κ1) is 14.6. The minimum atomic E-state index is -0.371. The number of ether oxygens (including phenoxy) is 1. The first-order valence-corrected chi connectivity index (χ1v) is 6.11. The number of hydrogen-bond donors (Lipinski definition) is 1. The normalized spacial score (nSPS) is 12.1. The van der Waals surface area contributed by atoms with Crippen LogP contribution in [0, 0.1) is 17.1 Å². The lowest BCUT2D eigenvalue weighted by atomic mass is 10.1. The van der Waals surface area contributed by atoms with Crippen molar-refractivity contribution in [2.24, 2.45) is 0 Å². The Morgan fingerprint density at radius 1 is 1.44 bits per heavy atom. The van der Waals surface area contributed by atoms with Crippen molar-refractivity contribution in [2.45, 2.75) is 32.4 Å². The van der Waals surface area contributed by atoms with E-state index in [0.717, 1.165) is 18.4 Å². The number of nitriles is 1. The summed E-state index contributed by atoms with van der Waals surface area (Å²) in [4.78, 5) is 0. The van der Waals surface area contributed by atoms with Crippen LogP contribution in [0.1, 0.15) is 30.9 Å². The van der Waals surface area contributed by atoms with E-state index >= 15 is 0 Å². The molecule has 1 aromatic carbocycles. The standard InChI is InChI=1S/C14H19FN2O/c1-3-4-14(10-18-2)17-9-12-5-11(8-16)6-13(15)7-12/h5-7,14,17H,3-4,9-10H2,1-2H3. The minimum absolute atomic E-state index is 0.258. The molecule has 0 amide bonds. The highest BCUT2D eigenvalue weighted by Gasteiger charge is 2.07. The molecule has 3 nitrogen and oxygen atoms in total. The van der Waals surface area contributed by atoms with Gasteiger partial charge in [-0.1, -0.05) is 13.3 Å². The van der Waals surface area contributed by atoms with E-state index < -0.39 is 0 Å². The molecule has 4 heteroatoms. The molecule has 1 N–H and O–H groups in total. The maximum absolute atomic E-state index is 13.2. The molecule has 0 spiro atoms. The molecular weight excluding hydrogens is 231 g/mol. The fourth-order valence-corrected chi connectivity index (χ4v) is 1.87. The Hall–Kier alpha value is -1.44. The van der Waals surface area contributed by atoms with E-state index in [-0.39, 0.29) is 11.9 Å². The van der Waals surface area contributed by atoms with Gasteiger partial charge in [-0.15, -0.1) is 0 Å². The summed E-state index contributed by atoms with van der Waals surface area (Å²) in [6.45, 7) is 3.29. The summed E-state index contributed by atoms with van der Waals surface area (Å²) in [5, 5.41) is 12.1. The molecule has 0 aliphatic carbocycles. The summed E-state index contributed by atoms with van der Waals surface area (Å²) >= 11 is 0. The van der Waals surface area contributed by atoms with E-state index in [2.05, 4.69) is 12.2 Å². The van der Waals surface area contributed by atoms with Gasteiger partial charge in [-0.25, -0.2) is 4.39 Å². The third kappa shape index (κ3) is 4.82. The maximum Gasteiger partial charge on any atom is 0.124 e. The van der Waals surface area contributed by atoms with Crippen molar-refractivity contribution in [1.29, 1.82) is 5.26 Å². The van der Waals surface area contributed by atoms with Crippen molar-refractivity contribution in [3.63, 3.8) is 0 Å².